The molecule has 1 N–H and O–H groups in total. The summed E-state index contributed by atoms with van der Waals surface area (Å²) in [6.45, 7) is 14.8. The van der Waals surface area contributed by atoms with Crippen LogP contribution in [-0.2, 0) is 14.7 Å². The topological polar surface area (TPSA) is 55.8 Å². The maximum atomic E-state index is 12.4. The molecule has 0 aliphatic heterocycles. The molecular weight excluding hydrogens is 256 g/mol. The average molecular weight is 288 g/mol. The van der Waals surface area contributed by atoms with E-state index in [1.165, 1.54) is 0 Å². The summed E-state index contributed by atoms with van der Waals surface area (Å²) in [7, 11) is 0. The molecule has 0 radical (unpaired) electrons. The fraction of sp³-hybridized carbons (Fsp3) is 0.938. The molecule has 0 saturated carbocycles. The molecule has 0 amide bonds. The van der Waals surface area contributed by atoms with E-state index in [2.05, 4.69) is 51.5 Å². The van der Waals surface area contributed by atoms with Gasteiger partial charge in [-0.05, 0) is 35.1 Å². The predicted molar refractivity (Wildman–Crippen MR) is 79.9 cm³/mol. The highest BCUT2D eigenvalue weighted by molar-refractivity contribution is 5.77. The van der Waals surface area contributed by atoms with Crippen LogP contribution in [-0.4, -0.2) is 11.2 Å². The molecule has 0 aliphatic carbocycles. The van der Waals surface area contributed by atoms with Crippen LogP contribution in [0.4, 0.5) is 0 Å². The molecule has 20 heavy (non-hydrogen) atoms. The quantitative estimate of drug-likeness (QED) is 0.505. The minimum Gasteiger partial charge on any atom is -0.268 e. The number of rotatable bonds is 8. The van der Waals surface area contributed by atoms with E-state index in [1.54, 1.807) is 0 Å². The van der Waals surface area contributed by atoms with Gasteiger partial charge in [0, 0.05) is 0 Å². The van der Waals surface area contributed by atoms with Crippen LogP contribution in [0.3, 0.4) is 0 Å². The van der Waals surface area contributed by atoms with Gasteiger partial charge in [0.05, 0.1) is 5.41 Å². The Hall–Kier alpha value is -0.610. The SMILES string of the molecule is CCCCC(CC)(C(=O)OOO)C(C)(C)CC(C)(C)C. The molecule has 0 rings (SSSR count). The Morgan fingerprint density at radius 1 is 1.10 bits per heavy atom. The third-order valence-electron chi connectivity index (χ3n) is 4.33. The molecule has 0 aromatic heterocycles. The molecule has 0 heterocycles. The van der Waals surface area contributed by atoms with Gasteiger partial charge in [0.1, 0.15) is 0 Å². The fourth-order valence-electron chi connectivity index (χ4n) is 3.60. The van der Waals surface area contributed by atoms with Gasteiger partial charge in [0.2, 0.25) is 0 Å². The molecule has 4 nitrogen and oxygen atoms in total. The summed E-state index contributed by atoms with van der Waals surface area (Å²) in [6, 6.07) is 0. The lowest BCUT2D eigenvalue weighted by Crippen LogP contribution is -2.47. The third kappa shape index (κ3) is 4.74. The van der Waals surface area contributed by atoms with Gasteiger partial charge in [0.15, 0.2) is 0 Å². The fourth-order valence-corrected chi connectivity index (χ4v) is 3.60. The maximum Gasteiger partial charge on any atom is 0.352 e. The van der Waals surface area contributed by atoms with E-state index in [4.69, 9.17) is 5.26 Å². The Balaban J connectivity index is 5.51. The van der Waals surface area contributed by atoms with Crippen molar-refractivity contribution in [2.75, 3.05) is 0 Å². The van der Waals surface area contributed by atoms with Gasteiger partial charge in [-0.2, -0.15) is 0 Å². The Morgan fingerprint density at radius 3 is 2.00 bits per heavy atom. The van der Waals surface area contributed by atoms with Crippen LogP contribution < -0.4 is 0 Å². The van der Waals surface area contributed by atoms with Crippen LogP contribution in [0, 0.1) is 16.2 Å². The van der Waals surface area contributed by atoms with E-state index in [1.807, 2.05) is 6.92 Å². The number of hydrogen-bond acceptors (Lipinski definition) is 4. The lowest BCUT2D eigenvalue weighted by atomic mass is 9.57. The standard InChI is InChI=1S/C16H32O4/c1-8-10-11-16(9-2,13(17)19-20-18)15(6,7)12-14(3,4)5/h18H,8-12H2,1-7H3. The monoisotopic (exact) mass is 288 g/mol. The van der Waals surface area contributed by atoms with Crippen molar-refractivity contribution in [1.82, 2.24) is 0 Å². The highest BCUT2D eigenvalue weighted by Crippen LogP contribution is 2.52. The van der Waals surface area contributed by atoms with Gasteiger partial charge >= 0.3 is 5.97 Å². The second kappa shape index (κ2) is 7.41. The summed E-state index contributed by atoms with van der Waals surface area (Å²) in [4.78, 5) is 16.9. The zero-order chi connectivity index (χ0) is 16.0. The van der Waals surface area contributed by atoms with Gasteiger partial charge < -0.3 is 0 Å². The van der Waals surface area contributed by atoms with Crippen molar-refractivity contribution < 1.29 is 20.0 Å². The van der Waals surface area contributed by atoms with Crippen molar-refractivity contribution >= 4 is 5.97 Å². The molecule has 0 fully saturated rings. The van der Waals surface area contributed by atoms with Crippen molar-refractivity contribution in [3.63, 3.8) is 0 Å². The zero-order valence-corrected chi connectivity index (χ0v) is 14.2. The number of hydrogen-bond donors (Lipinski definition) is 1. The first kappa shape index (κ1) is 19.4. The Bertz CT molecular complexity index is 304. The van der Waals surface area contributed by atoms with Crippen molar-refractivity contribution in [2.45, 2.75) is 80.6 Å². The molecule has 0 saturated heterocycles. The van der Waals surface area contributed by atoms with Crippen LogP contribution in [0.25, 0.3) is 0 Å². The first-order valence-electron chi connectivity index (χ1n) is 7.59. The molecular formula is C16H32O4. The number of carbonyl (C=O) groups is 1. The highest BCUT2D eigenvalue weighted by Gasteiger charge is 2.52. The Morgan fingerprint density at radius 2 is 1.65 bits per heavy atom. The van der Waals surface area contributed by atoms with Crippen molar-refractivity contribution in [2.24, 2.45) is 16.2 Å². The molecule has 0 aromatic carbocycles. The highest BCUT2D eigenvalue weighted by atomic mass is 17.5. The van der Waals surface area contributed by atoms with E-state index >= 15 is 0 Å². The van der Waals surface area contributed by atoms with Gasteiger partial charge in [-0.3, -0.25) is 4.89 Å². The molecule has 1 unspecified atom stereocenters. The largest absolute Gasteiger partial charge is 0.352 e. The summed E-state index contributed by atoms with van der Waals surface area (Å²) in [5.41, 5.74) is -0.777. The van der Waals surface area contributed by atoms with Crippen molar-refractivity contribution in [1.29, 1.82) is 0 Å². The molecule has 120 valence electrons. The number of carbonyl (C=O) groups excluding carboxylic acids is 1. The average Bonchev–Trinajstić information content (AvgIpc) is 2.27. The molecule has 0 bridgehead atoms. The summed E-state index contributed by atoms with van der Waals surface area (Å²) in [6.07, 6.45) is 4.25. The molecule has 0 aliphatic rings. The first-order valence-corrected chi connectivity index (χ1v) is 7.59. The van der Waals surface area contributed by atoms with Crippen molar-refractivity contribution in [3.8, 4) is 0 Å². The van der Waals surface area contributed by atoms with E-state index < -0.39 is 11.4 Å². The van der Waals surface area contributed by atoms with Gasteiger partial charge in [-0.25, -0.2) is 10.1 Å². The second-order valence-corrected chi connectivity index (χ2v) is 7.61. The van der Waals surface area contributed by atoms with Crippen LogP contribution in [0.15, 0.2) is 0 Å². The summed E-state index contributed by atoms with van der Waals surface area (Å²) < 4.78 is 0. The minimum absolute atomic E-state index is 0.108. The van der Waals surface area contributed by atoms with E-state index in [-0.39, 0.29) is 10.8 Å². The lowest BCUT2D eigenvalue weighted by molar-refractivity contribution is -0.466. The van der Waals surface area contributed by atoms with E-state index in [0.29, 0.717) is 6.42 Å². The molecule has 4 heteroatoms. The molecule has 0 spiro atoms. The summed E-state index contributed by atoms with van der Waals surface area (Å²) >= 11 is 0. The van der Waals surface area contributed by atoms with Gasteiger partial charge in [0.25, 0.3) is 0 Å². The molecule has 0 aromatic rings. The zero-order valence-electron chi connectivity index (χ0n) is 14.2. The first-order chi connectivity index (χ1) is 9.06. The summed E-state index contributed by atoms with van der Waals surface area (Å²) in [5.74, 6) is -0.467. The van der Waals surface area contributed by atoms with E-state index in [9.17, 15) is 4.79 Å². The van der Waals surface area contributed by atoms with Crippen LogP contribution in [0.1, 0.15) is 80.6 Å². The van der Waals surface area contributed by atoms with Crippen LogP contribution in [0.5, 0.6) is 0 Å². The van der Waals surface area contributed by atoms with E-state index in [0.717, 1.165) is 25.7 Å². The third-order valence-corrected chi connectivity index (χ3v) is 4.33. The number of unbranched alkanes of at least 4 members (excludes halogenated alkanes) is 1. The summed E-state index contributed by atoms with van der Waals surface area (Å²) in [5, 5.41) is 12.1. The lowest BCUT2D eigenvalue weighted by Gasteiger charge is -2.46. The van der Waals surface area contributed by atoms with Crippen LogP contribution >= 0.6 is 0 Å². The van der Waals surface area contributed by atoms with Gasteiger partial charge in [-0.15, -0.1) is 0 Å². The van der Waals surface area contributed by atoms with Crippen molar-refractivity contribution in [3.05, 3.63) is 0 Å². The second-order valence-electron chi connectivity index (χ2n) is 7.61. The Kier molecular flexibility index (Phi) is 7.19. The Labute approximate surface area is 123 Å². The molecule has 1 atom stereocenters. The maximum absolute atomic E-state index is 12.4. The predicted octanol–water partition coefficient (Wildman–Crippen LogP) is 4.98. The normalized spacial score (nSPS) is 15.8. The minimum atomic E-state index is -0.640. The van der Waals surface area contributed by atoms with Gasteiger partial charge in [-0.1, -0.05) is 61.3 Å². The smallest absolute Gasteiger partial charge is 0.268 e. The van der Waals surface area contributed by atoms with Crippen LogP contribution in [0.2, 0.25) is 0 Å².